The molecule has 0 spiro atoms. The van der Waals surface area contributed by atoms with Crippen LogP contribution in [0.25, 0.3) is 0 Å². The first-order valence-corrected chi connectivity index (χ1v) is 5.98. The van der Waals surface area contributed by atoms with Crippen molar-refractivity contribution >= 4 is 17.7 Å². The zero-order valence-corrected chi connectivity index (χ0v) is 8.78. The van der Waals surface area contributed by atoms with Gasteiger partial charge in [-0.1, -0.05) is 12.2 Å². The van der Waals surface area contributed by atoms with Crippen LogP contribution in [0.2, 0.25) is 0 Å². The first kappa shape index (κ1) is 8.22. The minimum absolute atomic E-state index is 0.441. The summed E-state index contributed by atoms with van der Waals surface area (Å²) >= 11 is 4.95. The number of thiocarbonyl (C=S) groups is 1. The minimum Gasteiger partial charge on any atom is -0.377 e. The van der Waals surface area contributed by atoms with Gasteiger partial charge in [0, 0.05) is 5.54 Å². The van der Waals surface area contributed by atoms with Crippen LogP contribution in [-0.2, 0) is 0 Å². The van der Waals surface area contributed by atoms with Gasteiger partial charge in [-0.15, -0.1) is 0 Å². The van der Waals surface area contributed by atoms with Crippen LogP contribution in [0.15, 0.2) is 0 Å². The van der Waals surface area contributed by atoms with E-state index in [1.165, 1.54) is 38.5 Å². The van der Waals surface area contributed by atoms with Gasteiger partial charge in [0.15, 0.2) is 0 Å². The van der Waals surface area contributed by atoms with E-state index in [1.807, 2.05) is 0 Å². The molecule has 0 aromatic heterocycles. The standard InChI is InChI=1S/C11H17NS/c13-7-12-11-4-8-1-9(5-11)3-10(2-8)6-11/h7-10H,1-6H2,(H,12,13). The Kier molecular flexibility index (Phi) is 1.70. The highest BCUT2D eigenvalue weighted by atomic mass is 32.1. The van der Waals surface area contributed by atoms with E-state index in [9.17, 15) is 0 Å². The van der Waals surface area contributed by atoms with Crippen LogP contribution in [0.4, 0.5) is 0 Å². The molecule has 0 aromatic carbocycles. The summed E-state index contributed by atoms with van der Waals surface area (Å²) in [6.07, 6.45) is 8.72. The average molecular weight is 195 g/mol. The van der Waals surface area contributed by atoms with E-state index >= 15 is 0 Å². The second kappa shape index (κ2) is 2.69. The van der Waals surface area contributed by atoms with Gasteiger partial charge >= 0.3 is 0 Å². The molecule has 1 N–H and O–H groups in total. The third-order valence-electron chi connectivity index (χ3n) is 4.40. The molecule has 13 heavy (non-hydrogen) atoms. The SMILES string of the molecule is S=CNC12CC3CC(CC(C3)C1)C2. The van der Waals surface area contributed by atoms with Crippen molar-refractivity contribution in [3.63, 3.8) is 0 Å². The first-order valence-electron chi connectivity index (χ1n) is 5.51. The van der Waals surface area contributed by atoms with Crippen molar-refractivity contribution in [3.8, 4) is 0 Å². The zero-order valence-electron chi connectivity index (χ0n) is 7.96. The van der Waals surface area contributed by atoms with E-state index in [-0.39, 0.29) is 0 Å². The zero-order chi connectivity index (χ0) is 8.89. The molecule has 72 valence electrons. The molecular formula is C11H17NS. The smallest absolute Gasteiger partial charge is 0.0619 e. The lowest BCUT2D eigenvalue weighted by Gasteiger charge is -2.56. The third-order valence-corrected chi connectivity index (χ3v) is 4.52. The topological polar surface area (TPSA) is 12.0 Å². The molecule has 0 radical (unpaired) electrons. The number of hydrogen-bond acceptors (Lipinski definition) is 1. The highest BCUT2D eigenvalue weighted by Gasteiger charge is 2.50. The summed E-state index contributed by atoms with van der Waals surface area (Å²) < 4.78 is 0. The molecule has 0 saturated heterocycles. The summed E-state index contributed by atoms with van der Waals surface area (Å²) in [6, 6.07) is 0. The molecule has 0 aliphatic heterocycles. The average Bonchev–Trinajstić information content (AvgIpc) is 2.00. The van der Waals surface area contributed by atoms with Gasteiger partial charge in [0.05, 0.1) is 5.49 Å². The molecular weight excluding hydrogens is 178 g/mol. The second-order valence-electron chi connectivity index (χ2n) is 5.46. The molecule has 4 rings (SSSR count). The largest absolute Gasteiger partial charge is 0.377 e. The molecule has 0 unspecified atom stereocenters. The van der Waals surface area contributed by atoms with E-state index in [0.717, 1.165) is 17.8 Å². The Hall–Kier alpha value is -0.110. The van der Waals surface area contributed by atoms with Crippen molar-refractivity contribution in [2.75, 3.05) is 0 Å². The van der Waals surface area contributed by atoms with E-state index in [0.29, 0.717) is 5.54 Å². The fraction of sp³-hybridized carbons (Fsp3) is 0.909. The summed E-state index contributed by atoms with van der Waals surface area (Å²) in [6.45, 7) is 0. The normalized spacial score (nSPS) is 52.2. The molecule has 4 aliphatic rings. The van der Waals surface area contributed by atoms with Gasteiger partial charge in [-0.2, -0.15) is 0 Å². The molecule has 4 saturated carbocycles. The lowest BCUT2D eigenvalue weighted by atomic mass is 9.53. The molecule has 0 heterocycles. The van der Waals surface area contributed by atoms with Gasteiger partial charge in [0.25, 0.3) is 0 Å². The maximum absolute atomic E-state index is 4.95. The summed E-state index contributed by atoms with van der Waals surface area (Å²) in [5.74, 6) is 3.07. The maximum atomic E-state index is 4.95. The van der Waals surface area contributed by atoms with Crippen LogP contribution in [0, 0.1) is 17.8 Å². The predicted molar refractivity (Wildman–Crippen MR) is 57.7 cm³/mol. The van der Waals surface area contributed by atoms with Crippen LogP contribution in [-0.4, -0.2) is 11.0 Å². The van der Waals surface area contributed by atoms with Crippen molar-refractivity contribution in [2.45, 2.75) is 44.1 Å². The molecule has 2 heteroatoms. The molecule has 0 aromatic rings. The quantitative estimate of drug-likeness (QED) is 0.679. The van der Waals surface area contributed by atoms with Crippen molar-refractivity contribution in [1.82, 2.24) is 5.32 Å². The Morgan fingerprint density at radius 1 is 1.00 bits per heavy atom. The fourth-order valence-corrected chi connectivity index (χ4v) is 4.66. The summed E-state index contributed by atoms with van der Waals surface area (Å²) in [7, 11) is 0. The van der Waals surface area contributed by atoms with Crippen LogP contribution >= 0.6 is 12.2 Å². The number of hydrogen-bond donors (Lipinski definition) is 1. The lowest BCUT2D eigenvalue weighted by molar-refractivity contribution is -0.00911. The monoisotopic (exact) mass is 195 g/mol. The van der Waals surface area contributed by atoms with Crippen molar-refractivity contribution in [3.05, 3.63) is 0 Å². The van der Waals surface area contributed by atoms with Crippen LogP contribution in [0.1, 0.15) is 38.5 Å². The van der Waals surface area contributed by atoms with Crippen LogP contribution in [0.5, 0.6) is 0 Å². The maximum Gasteiger partial charge on any atom is 0.0619 e. The summed E-state index contributed by atoms with van der Waals surface area (Å²) in [5.41, 5.74) is 2.20. The van der Waals surface area contributed by atoms with E-state index in [1.54, 1.807) is 5.49 Å². The first-order chi connectivity index (χ1) is 6.30. The predicted octanol–water partition coefficient (Wildman–Crippen LogP) is 2.50. The van der Waals surface area contributed by atoms with Gasteiger partial charge in [-0.25, -0.2) is 0 Å². The highest BCUT2D eigenvalue weighted by molar-refractivity contribution is 7.78. The third kappa shape index (κ3) is 1.22. The summed E-state index contributed by atoms with van der Waals surface area (Å²) in [4.78, 5) is 0. The van der Waals surface area contributed by atoms with Crippen molar-refractivity contribution in [1.29, 1.82) is 0 Å². The fourth-order valence-electron chi connectivity index (χ4n) is 4.41. The van der Waals surface area contributed by atoms with Crippen LogP contribution in [0.3, 0.4) is 0 Å². The second-order valence-corrected chi connectivity index (χ2v) is 5.70. The molecule has 0 amide bonds. The molecule has 1 nitrogen and oxygen atoms in total. The molecule has 4 bridgehead atoms. The van der Waals surface area contributed by atoms with Crippen LogP contribution < -0.4 is 5.32 Å². The highest BCUT2D eigenvalue weighted by Crippen LogP contribution is 2.55. The van der Waals surface area contributed by atoms with Gasteiger partial charge in [0.2, 0.25) is 0 Å². The molecule has 4 fully saturated rings. The Morgan fingerprint density at radius 3 is 1.85 bits per heavy atom. The van der Waals surface area contributed by atoms with Gasteiger partial charge < -0.3 is 5.32 Å². The molecule has 4 aliphatic carbocycles. The van der Waals surface area contributed by atoms with E-state index in [4.69, 9.17) is 12.2 Å². The summed E-state index contributed by atoms with van der Waals surface area (Å²) in [5, 5.41) is 3.48. The number of rotatable bonds is 2. The van der Waals surface area contributed by atoms with Gasteiger partial charge in [0.1, 0.15) is 0 Å². The molecule has 0 atom stereocenters. The van der Waals surface area contributed by atoms with Gasteiger partial charge in [-0.3, -0.25) is 0 Å². The van der Waals surface area contributed by atoms with Crippen molar-refractivity contribution in [2.24, 2.45) is 17.8 Å². The van der Waals surface area contributed by atoms with E-state index in [2.05, 4.69) is 5.32 Å². The van der Waals surface area contributed by atoms with Gasteiger partial charge in [-0.05, 0) is 56.3 Å². The lowest BCUT2D eigenvalue weighted by Crippen LogP contribution is -2.57. The Bertz CT molecular complexity index is 201. The minimum atomic E-state index is 0.441. The number of nitrogens with one attached hydrogen (secondary N) is 1. The van der Waals surface area contributed by atoms with E-state index < -0.39 is 0 Å². The Morgan fingerprint density at radius 2 is 1.46 bits per heavy atom. The van der Waals surface area contributed by atoms with Crippen molar-refractivity contribution < 1.29 is 0 Å². The Labute approximate surface area is 85.3 Å². The Balaban J connectivity index is 1.87.